The van der Waals surface area contributed by atoms with E-state index in [2.05, 4.69) is 26.4 Å². The van der Waals surface area contributed by atoms with Crippen molar-refractivity contribution < 1.29 is 4.79 Å². The molecule has 2 aliphatic rings. The van der Waals surface area contributed by atoms with Gasteiger partial charge < -0.3 is 5.32 Å². The van der Waals surface area contributed by atoms with Gasteiger partial charge in [-0.3, -0.25) is 14.5 Å². The molecular formula is C20H19N5O. The van der Waals surface area contributed by atoms with Crippen molar-refractivity contribution in [2.45, 2.75) is 31.6 Å². The van der Waals surface area contributed by atoms with Crippen LogP contribution >= 0.6 is 0 Å². The van der Waals surface area contributed by atoms with E-state index in [4.69, 9.17) is 0 Å². The Balaban J connectivity index is 1.48. The fourth-order valence-electron chi connectivity index (χ4n) is 3.70. The zero-order valence-electron chi connectivity index (χ0n) is 14.6. The van der Waals surface area contributed by atoms with Crippen LogP contribution in [0, 0.1) is 0 Å². The van der Waals surface area contributed by atoms with Crippen LogP contribution in [0.15, 0.2) is 36.5 Å². The van der Waals surface area contributed by atoms with Gasteiger partial charge in [0.2, 0.25) is 0 Å². The Labute approximate surface area is 151 Å². The zero-order valence-corrected chi connectivity index (χ0v) is 14.6. The van der Waals surface area contributed by atoms with Crippen molar-refractivity contribution in [1.82, 2.24) is 19.7 Å². The molecule has 5 rings (SSSR count). The summed E-state index contributed by atoms with van der Waals surface area (Å²) >= 11 is 0. The summed E-state index contributed by atoms with van der Waals surface area (Å²) < 4.78 is 1.77. The van der Waals surface area contributed by atoms with Crippen molar-refractivity contribution in [1.29, 1.82) is 0 Å². The van der Waals surface area contributed by atoms with Crippen LogP contribution in [0.3, 0.4) is 0 Å². The lowest BCUT2D eigenvalue weighted by Crippen LogP contribution is -2.17. The van der Waals surface area contributed by atoms with Crippen LogP contribution in [0.25, 0.3) is 11.4 Å². The maximum Gasteiger partial charge on any atom is 0.277 e. The largest absolute Gasteiger partial charge is 0.305 e. The first-order chi connectivity index (χ1) is 12.7. The van der Waals surface area contributed by atoms with Gasteiger partial charge in [0, 0.05) is 30.4 Å². The average molecular weight is 345 g/mol. The summed E-state index contributed by atoms with van der Waals surface area (Å²) in [5, 5.41) is 7.42. The van der Waals surface area contributed by atoms with Gasteiger partial charge in [0.15, 0.2) is 5.69 Å². The number of carbonyl (C=O) groups is 1. The number of hydrogen-bond acceptors (Lipinski definition) is 4. The number of rotatable bonds is 3. The quantitative estimate of drug-likeness (QED) is 0.792. The second-order valence-electron chi connectivity index (χ2n) is 6.99. The standard InChI is InChI=1S/C20H19N5O/c1-25-19-14(10-9-13-4-3-11-21-17(13)19)18(24-25)20(26)23-16-6-2-5-15(22-16)12-7-8-12/h2-6,11-12H,7-10H2,1H3,(H,22,23,26). The predicted molar refractivity (Wildman–Crippen MR) is 98.0 cm³/mol. The van der Waals surface area contributed by atoms with Gasteiger partial charge in [-0.1, -0.05) is 12.1 Å². The summed E-state index contributed by atoms with van der Waals surface area (Å²) in [6.07, 6.45) is 5.82. The smallest absolute Gasteiger partial charge is 0.277 e. The molecule has 26 heavy (non-hydrogen) atoms. The van der Waals surface area contributed by atoms with E-state index in [1.807, 2.05) is 31.3 Å². The number of nitrogens with one attached hydrogen (secondary N) is 1. The van der Waals surface area contributed by atoms with Crippen molar-refractivity contribution >= 4 is 11.7 Å². The third-order valence-corrected chi connectivity index (χ3v) is 5.13. The van der Waals surface area contributed by atoms with E-state index in [-0.39, 0.29) is 5.91 Å². The van der Waals surface area contributed by atoms with E-state index >= 15 is 0 Å². The molecule has 130 valence electrons. The first-order valence-corrected chi connectivity index (χ1v) is 8.99. The first kappa shape index (κ1) is 15.3. The second-order valence-corrected chi connectivity index (χ2v) is 6.99. The van der Waals surface area contributed by atoms with Crippen LogP contribution in [-0.2, 0) is 19.9 Å². The highest BCUT2D eigenvalue weighted by Gasteiger charge is 2.29. The molecule has 3 aromatic rings. The van der Waals surface area contributed by atoms with Crippen LogP contribution in [0.2, 0.25) is 0 Å². The Morgan fingerprint density at radius 1 is 1.19 bits per heavy atom. The summed E-state index contributed by atoms with van der Waals surface area (Å²) in [6, 6.07) is 9.84. The molecule has 0 atom stereocenters. The molecule has 6 nitrogen and oxygen atoms in total. The van der Waals surface area contributed by atoms with Gasteiger partial charge in [0.05, 0.1) is 11.4 Å². The summed E-state index contributed by atoms with van der Waals surface area (Å²) in [7, 11) is 1.87. The Bertz CT molecular complexity index is 1020. The predicted octanol–water partition coefficient (Wildman–Crippen LogP) is 3.11. The lowest BCUT2D eigenvalue weighted by Gasteiger charge is -2.16. The molecular weight excluding hydrogens is 326 g/mol. The number of anilines is 1. The summed E-state index contributed by atoms with van der Waals surface area (Å²) in [5.74, 6) is 0.937. The molecule has 0 unspecified atom stereocenters. The zero-order chi connectivity index (χ0) is 17.7. The molecule has 2 aliphatic carbocycles. The van der Waals surface area contributed by atoms with Gasteiger partial charge in [-0.05, 0) is 49.4 Å². The van der Waals surface area contributed by atoms with Crippen molar-refractivity contribution in [2.24, 2.45) is 7.05 Å². The van der Waals surface area contributed by atoms with Gasteiger partial charge in [0.1, 0.15) is 5.82 Å². The number of aryl methyl sites for hydroxylation is 2. The maximum absolute atomic E-state index is 12.9. The average Bonchev–Trinajstić information content (AvgIpc) is 3.45. The van der Waals surface area contributed by atoms with Crippen molar-refractivity contribution in [3.8, 4) is 11.4 Å². The molecule has 0 saturated heterocycles. The molecule has 1 saturated carbocycles. The van der Waals surface area contributed by atoms with E-state index < -0.39 is 0 Å². The van der Waals surface area contributed by atoms with Gasteiger partial charge >= 0.3 is 0 Å². The van der Waals surface area contributed by atoms with E-state index in [1.165, 1.54) is 18.4 Å². The number of nitrogens with zero attached hydrogens (tertiary/aromatic N) is 4. The number of amides is 1. The lowest BCUT2D eigenvalue weighted by atomic mass is 9.92. The van der Waals surface area contributed by atoms with Crippen molar-refractivity contribution in [3.05, 3.63) is 59.0 Å². The van der Waals surface area contributed by atoms with Gasteiger partial charge in [0.25, 0.3) is 5.91 Å². The van der Waals surface area contributed by atoms with Crippen LogP contribution in [-0.4, -0.2) is 25.7 Å². The topological polar surface area (TPSA) is 72.7 Å². The van der Waals surface area contributed by atoms with E-state index in [0.29, 0.717) is 17.4 Å². The molecule has 0 aromatic carbocycles. The number of aromatic nitrogens is 4. The first-order valence-electron chi connectivity index (χ1n) is 8.99. The molecule has 6 heteroatoms. The summed E-state index contributed by atoms with van der Waals surface area (Å²) in [5.41, 5.74) is 5.57. The van der Waals surface area contributed by atoms with Crippen LogP contribution in [0.5, 0.6) is 0 Å². The number of pyridine rings is 2. The molecule has 1 N–H and O–H groups in total. The molecule has 0 radical (unpaired) electrons. The molecule has 0 bridgehead atoms. The maximum atomic E-state index is 12.9. The van der Waals surface area contributed by atoms with Crippen LogP contribution in [0.4, 0.5) is 5.82 Å². The Kier molecular flexibility index (Phi) is 3.38. The Morgan fingerprint density at radius 3 is 2.92 bits per heavy atom. The Hall–Kier alpha value is -3.02. The van der Waals surface area contributed by atoms with Crippen molar-refractivity contribution in [2.75, 3.05) is 5.32 Å². The van der Waals surface area contributed by atoms with Crippen LogP contribution < -0.4 is 5.32 Å². The SMILES string of the molecule is Cn1nc(C(=O)Nc2cccc(C3CC3)n2)c2c1-c1ncccc1CC2. The van der Waals surface area contributed by atoms with E-state index in [9.17, 15) is 4.79 Å². The molecule has 0 spiro atoms. The molecule has 3 heterocycles. The summed E-state index contributed by atoms with van der Waals surface area (Å²) in [4.78, 5) is 21.9. The monoisotopic (exact) mass is 345 g/mol. The van der Waals surface area contributed by atoms with Gasteiger partial charge in [-0.15, -0.1) is 0 Å². The number of carbonyl (C=O) groups excluding carboxylic acids is 1. The lowest BCUT2D eigenvalue weighted by molar-refractivity contribution is 0.102. The van der Waals surface area contributed by atoms with Crippen molar-refractivity contribution in [3.63, 3.8) is 0 Å². The summed E-state index contributed by atoms with van der Waals surface area (Å²) in [6.45, 7) is 0. The van der Waals surface area contributed by atoms with Gasteiger partial charge in [-0.25, -0.2) is 4.98 Å². The highest BCUT2D eigenvalue weighted by atomic mass is 16.2. The minimum atomic E-state index is -0.207. The fourth-order valence-corrected chi connectivity index (χ4v) is 3.70. The minimum absolute atomic E-state index is 0.207. The minimum Gasteiger partial charge on any atom is -0.305 e. The third-order valence-electron chi connectivity index (χ3n) is 5.13. The second kappa shape index (κ2) is 5.76. The highest BCUT2D eigenvalue weighted by molar-refractivity contribution is 6.04. The van der Waals surface area contributed by atoms with Crippen LogP contribution in [0.1, 0.15) is 46.1 Å². The molecule has 0 aliphatic heterocycles. The normalized spacial score (nSPS) is 15.3. The molecule has 3 aromatic heterocycles. The molecule has 1 fully saturated rings. The molecule has 1 amide bonds. The van der Waals surface area contributed by atoms with Gasteiger partial charge in [-0.2, -0.15) is 5.10 Å². The Morgan fingerprint density at radius 2 is 2.08 bits per heavy atom. The fraction of sp³-hybridized carbons (Fsp3) is 0.300. The van der Waals surface area contributed by atoms with E-state index in [0.717, 1.165) is 35.5 Å². The number of hydrogen-bond donors (Lipinski definition) is 1. The third kappa shape index (κ3) is 2.49. The highest BCUT2D eigenvalue weighted by Crippen LogP contribution is 2.39. The number of fused-ring (bicyclic) bond motifs is 3. The van der Waals surface area contributed by atoms with E-state index in [1.54, 1.807) is 10.9 Å².